The molecule has 0 spiro atoms. The summed E-state index contributed by atoms with van der Waals surface area (Å²) in [4.78, 5) is 12.7. The van der Waals surface area contributed by atoms with E-state index in [1.165, 1.54) is 29.2 Å². The number of benzene rings is 1. The molecule has 0 saturated carbocycles. The number of fused-ring (bicyclic) bond motifs is 1. The predicted octanol–water partition coefficient (Wildman–Crippen LogP) is 3.19. The highest BCUT2D eigenvalue weighted by atomic mass is 19.4. The number of hydrogen-bond donors (Lipinski definition) is 1. The number of rotatable bonds is 3. The average Bonchev–Trinajstić information content (AvgIpc) is 3.07. The molecule has 0 bridgehead atoms. The third-order valence-electron chi connectivity index (χ3n) is 4.50. The summed E-state index contributed by atoms with van der Waals surface area (Å²) < 4.78 is 61.5. The molecule has 11 heteroatoms. The van der Waals surface area contributed by atoms with Crippen LogP contribution in [-0.4, -0.2) is 38.8 Å². The van der Waals surface area contributed by atoms with Crippen molar-refractivity contribution in [3.8, 4) is 11.4 Å². The minimum absolute atomic E-state index is 0.0826. The molecule has 2 N–H and O–H groups in total. The van der Waals surface area contributed by atoms with E-state index < -0.39 is 24.6 Å². The van der Waals surface area contributed by atoms with Gasteiger partial charge >= 0.3 is 6.18 Å². The lowest BCUT2D eigenvalue weighted by molar-refractivity contribution is -0.121. The van der Waals surface area contributed by atoms with Crippen LogP contribution in [-0.2, 0) is 0 Å². The van der Waals surface area contributed by atoms with Crippen LogP contribution in [0.1, 0.15) is 17.3 Å². The fourth-order valence-corrected chi connectivity index (χ4v) is 3.24. The number of imidazole rings is 1. The number of aryl methyl sites for hydroxylation is 1. The van der Waals surface area contributed by atoms with Crippen molar-refractivity contribution in [1.29, 1.82) is 0 Å². The lowest BCUT2D eigenvalue weighted by atomic mass is 10.0. The third kappa shape index (κ3) is 3.80. The largest absolute Gasteiger partial charge is 0.486 e. The maximum atomic E-state index is 14.7. The first-order valence-electron chi connectivity index (χ1n) is 8.60. The summed E-state index contributed by atoms with van der Waals surface area (Å²) in [6.45, 7) is 0.343. The molecule has 0 amide bonds. The molecule has 1 unspecified atom stereocenters. The highest BCUT2D eigenvalue weighted by Crippen LogP contribution is 2.40. The van der Waals surface area contributed by atoms with Crippen molar-refractivity contribution in [2.75, 3.05) is 23.8 Å². The Morgan fingerprint density at radius 2 is 2.07 bits per heavy atom. The molecule has 0 saturated heterocycles. The van der Waals surface area contributed by atoms with Gasteiger partial charge in [-0.15, -0.1) is 0 Å². The van der Waals surface area contributed by atoms with Gasteiger partial charge in [-0.3, -0.25) is 0 Å². The van der Waals surface area contributed by atoms with Gasteiger partial charge in [0.15, 0.2) is 11.6 Å². The zero-order valence-corrected chi connectivity index (χ0v) is 15.2. The molecule has 1 aliphatic heterocycles. The highest BCUT2D eigenvalue weighted by molar-refractivity contribution is 5.57. The molecule has 1 aromatic carbocycles. The molecule has 3 heterocycles. The molecule has 0 fully saturated rings. The van der Waals surface area contributed by atoms with Crippen LogP contribution in [0.3, 0.4) is 0 Å². The van der Waals surface area contributed by atoms with Crippen molar-refractivity contribution < 1.29 is 22.3 Å². The van der Waals surface area contributed by atoms with E-state index in [1.54, 1.807) is 19.2 Å². The summed E-state index contributed by atoms with van der Waals surface area (Å²) in [7, 11) is 0. The van der Waals surface area contributed by atoms with Crippen LogP contribution in [0, 0.1) is 12.7 Å². The van der Waals surface area contributed by atoms with Crippen molar-refractivity contribution in [3.05, 3.63) is 54.0 Å². The summed E-state index contributed by atoms with van der Waals surface area (Å²) in [5.41, 5.74) is 6.81. The number of halogens is 4. The van der Waals surface area contributed by atoms with Crippen LogP contribution in [0.2, 0.25) is 0 Å². The van der Waals surface area contributed by atoms with Gasteiger partial charge in [0.25, 0.3) is 0 Å². The second kappa shape index (κ2) is 6.90. The van der Waals surface area contributed by atoms with Crippen LogP contribution in [0.4, 0.5) is 29.3 Å². The van der Waals surface area contributed by atoms with Crippen LogP contribution in [0.25, 0.3) is 5.69 Å². The van der Waals surface area contributed by atoms with Gasteiger partial charge in [-0.2, -0.15) is 18.2 Å². The number of anilines is 2. The summed E-state index contributed by atoms with van der Waals surface area (Å²) in [6, 6.07) is 3.33. The maximum absolute atomic E-state index is 14.7. The van der Waals surface area contributed by atoms with Gasteiger partial charge in [0.1, 0.15) is 19.0 Å². The van der Waals surface area contributed by atoms with E-state index in [-0.39, 0.29) is 29.8 Å². The topological polar surface area (TPSA) is 82.1 Å². The summed E-state index contributed by atoms with van der Waals surface area (Å²) >= 11 is 0. The monoisotopic (exact) mass is 408 g/mol. The Morgan fingerprint density at radius 3 is 2.72 bits per heavy atom. The highest BCUT2D eigenvalue weighted by Gasteiger charge is 2.39. The lowest BCUT2D eigenvalue weighted by Crippen LogP contribution is -2.43. The quantitative estimate of drug-likeness (QED) is 0.671. The summed E-state index contributed by atoms with van der Waals surface area (Å²) in [6.07, 6.45) is -0.182. The first-order chi connectivity index (χ1) is 13.7. The minimum atomic E-state index is -4.51. The molecule has 1 aliphatic rings. The first kappa shape index (κ1) is 19.0. The minimum Gasteiger partial charge on any atom is -0.486 e. The Hall–Kier alpha value is -3.37. The fourth-order valence-electron chi connectivity index (χ4n) is 3.24. The third-order valence-corrected chi connectivity index (χ3v) is 4.50. The van der Waals surface area contributed by atoms with E-state index in [0.717, 1.165) is 4.90 Å². The van der Waals surface area contributed by atoms with E-state index in [0.29, 0.717) is 11.3 Å². The van der Waals surface area contributed by atoms with Crippen molar-refractivity contribution in [1.82, 2.24) is 19.5 Å². The molecule has 1 atom stereocenters. The SMILES string of the molecule is Cc1cn(-c2ccc(C3COc4cnc(N)nc4N3CC(F)(F)F)cc2F)cn1. The standard InChI is InChI=1S/C18H16F4N6O/c1-10-6-27(9-25-10)13-3-2-11(4-12(13)19)14-7-29-15-5-24-17(23)26-16(15)28(14)8-18(20,21)22/h2-6,9,14H,7-8H2,1H3,(H2,23,24,26). The molecule has 0 aliphatic carbocycles. The smallest absolute Gasteiger partial charge is 0.406 e. The van der Waals surface area contributed by atoms with E-state index in [9.17, 15) is 17.6 Å². The Kier molecular flexibility index (Phi) is 4.52. The van der Waals surface area contributed by atoms with Crippen LogP contribution in [0.15, 0.2) is 36.9 Å². The first-order valence-corrected chi connectivity index (χ1v) is 8.60. The molecule has 2 aromatic heterocycles. The molecule has 4 rings (SSSR count). The summed E-state index contributed by atoms with van der Waals surface area (Å²) in [5, 5.41) is 0. The van der Waals surface area contributed by atoms with Gasteiger partial charge in [-0.05, 0) is 24.6 Å². The zero-order valence-electron chi connectivity index (χ0n) is 15.2. The molecular formula is C18H16F4N6O. The predicted molar refractivity (Wildman–Crippen MR) is 96.3 cm³/mol. The number of aromatic nitrogens is 4. The Bertz CT molecular complexity index is 1050. The van der Waals surface area contributed by atoms with E-state index in [1.807, 2.05) is 0 Å². The number of nitrogen functional groups attached to an aromatic ring is 1. The lowest BCUT2D eigenvalue weighted by Gasteiger charge is -2.38. The van der Waals surface area contributed by atoms with Crippen LogP contribution >= 0.6 is 0 Å². The average molecular weight is 408 g/mol. The summed E-state index contributed by atoms with van der Waals surface area (Å²) in [5.74, 6) is -0.775. The molecule has 7 nitrogen and oxygen atoms in total. The fraction of sp³-hybridized carbons (Fsp3) is 0.278. The molecule has 29 heavy (non-hydrogen) atoms. The molecule has 3 aromatic rings. The van der Waals surface area contributed by atoms with Crippen LogP contribution in [0.5, 0.6) is 5.75 Å². The number of hydrogen-bond acceptors (Lipinski definition) is 6. The van der Waals surface area contributed by atoms with Crippen molar-refractivity contribution in [2.45, 2.75) is 19.1 Å². The van der Waals surface area contributed by atoms with Gasteiger partial charge in [-0.25, -0.2) is 14.4 Å². The normalized spacial score (nSPS) is 16.4. The zero-order chi connectivity index (χ0) is 20.8. The van der Waals surface area contributed by atoms with Gasteiger partial charge < -0.3 is 19.9 Å². The van der Waals surface area contributed by atoms with Gasteiger partial charge in [0, 0.05) is 6.20 Å². The van der Waals surface area contributed by atoms with Crippen LogP contribution < -0.4 is 15.4 Å². The molecule has 0 radical (unpaired) electrons. The number of ether oxygens (including phenoxy) is 1. The van der Waals surface area contributed by atoms with E-state index >= 15 is 0 Å². The Labute approximate surface area is 162 Å². The van der Waals surface area contributed by atoms with Crippen molar-refractivity contribution in [2.24, 2.45) is 0 Å². The molecule has 152 valence electrons. The second-order valence-electron chi connectivity index (χ2n) is 6.62. The number of nitrogens with two attached hydrogens (primary N) is 1. The maximum Gasteiger partial charge on any atom is 0.406 e. The Balaban J connectivity index is 1.73. The van der Waals surface area contributed by atoms with Gasteiger partial charge in [0.2, 0.25) is 5.95 Å². The number of nitrogens with zero attached hydrogens (tertiary/aromatic N) is 5. The Morgan fingerprint density at radius 1 is 1.28 bits per heavy atom. The van der Waals surface area contributed by atoms with Gasteiger partial charge in [-0.1, -0.05) is 6.07 Å². The molecular weight excluding hydrogens is 392 g/mol. The van der Waals surface area contributed by atoms with E-state index in [4.69, 9.17) is 10.5 Å². The second-order valence-corrected chi connectivity index (χ2v) is 6.62. The number of alkyl halides is 3. The van der Waals surface area contributed by atoms with Crippen molar-refractivity contribution >= 4 is 11.8 Å². The van der Waals surface area contributed by atoms with Crippen molar-refractivity contribution in [3.63, 3.8) is 0 Å². The van der Waals surface area contributed by atoms with Gasteiger partial charge in [0.05, 0.1) is 29.9 Å². The van der Waals surface area contributed by atoms with E-state index in [2.05, 4.69) is 15.0 Å².